The summed E-state index contributed by atoms with van der Waals surface area (Å²) < 4.78 is 0. The van der Waals surface area contributed by atoms with Gasteiger partial charge >= 0.3 is 5.97 Å². The molecule has 0 bridgehead atoms. The van der Waals surface area contributed by atoms with Gasteiger partial charge in [0.25, 0.3) is 0 Å². The van der Waals surface area contributed by atoms with E-state index >= 15 is 0 Å². The van der Waals surface area contributed by atoms with Crippen LogP contribution < -0.4 is 0 Å². The Kier molecular flexibility index (Phi) is 24.0. The van der Waals surface area contributed by atoms with Crippen LogP contribution >= 0.6 is 0 Å². The first-order valence-corrected chi connectivity index (χ1v) is 10.3. The zero-order chi connectivity index (χ0) is 18.5. The first-order valence-electron chi connectivity index (χ1n) is 10.3. The summed E-state index contributed by atoms with van der Waals surface area (Å²) >= 11 is 0. The van der Waals surface area contributed by atoms with Crippen LogP contribution in [0, 0.1) is 0 Å². The standard InChI is InChI=1S/C18H36O2.C3H9N/c1-2-3-4-5-6-7-8-9-10-11-12-13-14-15-16-17-18(19)20;1-4(2)3/h2-17H2,1H3,(H,19,20);1-3H3. The Morgan fingerprint density at radius 1 is 0.625 bits per heavy atom. The maximum atomic E-state index is 10.3. The molecule has 0 unspecified atom stereocenters. The number of hydrogen-bond donors (Lipinski definition) is 1. The number of carbonyl (C=O) groups is 1. The molecule has 0 aliphatic rings. The summed E-state index contributed by atoms with van der Waals surface area (Å²) in [6, 6.07) is 0. The number of nitrogens with zero attached hydrogens (tertiary/aromatic N) is 1. The van der Waals surface area contributed by atoms with Crippen molar-refractivity contribution in [1.29, 1.82) is 0 Å². The minimum Gasteiger partial charge on any atom is -0.481 e. The van der Waals surface area contributed by atoms with Gasteiger partial charge in [-0.1, -0.05) is 96.8 Å². The van der Waals surface area contributed by atoms with E-state index < -0.39 is 5.97 Å². The number of aliphatic carboxylic acids is 1. The van der Waals surface area contributed by atoms with Crippen LogP contribution in [0.4, 0.5) is 0 Å². The molecule has 3 nitrogen and oxygen atoms in total. The molecule has 24 heavy (non-hydrogen) atoms. The van der Waals surface area contributed by atoms with Crippen molar-refractivity contribution in [2.45, 2.75) is 110 Å². The number of carboxylic acid groups (broad SMARTS) is 1. The van der Waals surface area contributed by atoms with Crippen LogP contribution in [0.3, 0.4) is 0 Å². The second-order valence-electron chi connectivity index (χ2n) is 7.44. The lowest BCUT2D eigenvalue weighted by Crippen LogP contribution is -1.99. The molecule has 146 valence electrons. The highest BCUT2D eigenvalue weighted by atomic mass is 16.4. The molecular weight excluding hydrogens is 298 g/mol. The van der Waals surface area contributed by atoms with Gasteiger partial charge in [-0.3, -0.25) is 4.79 Å². The van der Waals surface area contributed by atoms with Gasteiger partial charge < -0.3 is 10.0 Å². The van der Waals surface area contributed by atoms with Crippen LogP contribution in [0.2, 0.25) is 0 Å². The quantitative estimate of drug-likeness (QED) is 0.325. The predicted molar refractivity (Wildman–Crippen MR) is 107 cm³/mol. The Hall–Kier alpha value is -0.570. The summed E-state index contributed by atoms with van der Waals surface area (Å²) in [5.74, 6) is -0.653. The molecular formula is C21H45NO2. The Balaban J connectivity index is 0. The molecule has 0 heterocycles. The van der Waals surface area contributed by atoms with Crippen molar-refractivity contribution >= 4 is 5.97 Å². The molecule has 0 aliphatic heterocycles. The third kappa shape index (κ3) is 33.1. The molecule has 1 N–H and O–H groups in total. The molecule has 0 spiro atoms. The summed E-state index contributed by atoms with van der Waals surface area (Å²) in [5.41, 5.74) is 0. The predicted octanol–water partition coefficient (Wildman–Crippen LogP) is 6.51. The Morgan fingerprint density at radius 3 is 1.12 bits per heavy atom. The van der Waals surface area contributed by atoms with Crippen molar-refractivity contribution in [1.82, 2.24) is 4.90 Å². The van der Waals surface area contributed by atoms with Gasteiger partial charge in [0.2, 0.25) is 0 Å². The molecule has 0 aliphatic carbocycles. The second kappa shape index (κ2) is 22.4. The molecule has 0 atom stereocenters. The van der Waals surface area contributed by atoms with E-state index in [9.17, 15) is 4.79 Å². The average molecular weight is 344 g/mol. The average Bonchev–Trinajstić information content (AvgIpc) is 2.50. The third-order valence-electron chi connectivity index (χ3n) is 3.99. The van der Waals surface area contributed by atoms with Crippen LogP contribution in [0.5, 0.6) is 0 Å². The van der Waals surface area contributed by atoms with E-state index in [2.05, 4.69) is 6.92 Å². The molecule has 0 aromatic heterocycles. The summed E-state index contributed by atoms with van der Waals surface area (Å²) in [4.78, 5) is 12.3. The molecule has 3 heteroatoms. The van der Waals surface area contributed by atoms with E-state index in [4.69, 9.17) is 5.11 Å². The molecule has 0 saturated carbocycles. The number of hydrogen-bond acceptors (Lipinski definition) is 2. The Bertz CT molecular complexity index is 239. The second-order valence-corrected chi connectivity index (χ2v) is 7.44. The first kappa shape index (κ1) is 25.7. The van der Waals surface area contributed by atoms with E-state index in [-0.39, 0.29) is 0 Å². The monoisotopic (exact) mass is 343 g/mol. The molecule has 0 rings (SSSR count). The third-order valence-corrected chi connectivity index (χ3v) is 3.99. The van der Waals surface area contributed by atoms with Crippen molar-refractivity contribution in [3.63, 3.8) is 0 Å². The minimum absolute atomic E-state index is 0.345. The zero-order valence-electron chi connectivity index (χ0n) is 17.1. The maximum absolute atomic E-state index is 10.3. The highest BCUT2D eigenvalue weighted by Gasteiger charge is 1.97. The summed E-state index contributed by atoms with van der Waals surface area (Å²) in [5, 5.41) is 8.52. The smallest absolute Gasteiger partial charge is 0.303 e. The topological polar surface area (TPSA) is 40.5 Å². The van der Waals surface area contributed by atoms with E-state index in [1.54, 1.807) is 0 Å². The van der Waals surface area contributed by atoms with Crippen LogP contribution in [0.1, 0.15) is 110 Å². The lowest BCUT2D eigenvalue weighted by molar-refractivity contribution is -0.137. The summed E-state index contributed by atoms with van der Waals surface area (Å²) in [7, 11) is 6.00. The van der Waals surface area contributed by atoms with E-state index in [1.807, 2.05) is 26.0 Å². The first-order chi connectivity index (χ1) is 11.5. The summed E-state index contributed by atoms with van der Waals surface area (Å²) in [6.07, 6.45) is 20.2. The fourth-order valence-corrected chi connectivity index (χ4v) is 2.65. The van der Waals surface area contributed by atoms with Gasteiger partial charge in [-0.2, -0.15) is 0 Å². The van der Waals surface area contributed by atoms with Crippen LogP contribution in [0.25, 0.3) is 0 Å². The van der Waals surface area contributed by atoms with Crippen molar-refractivity contribution in [3.8, 4) is 0 Å². The SMILES string of the molecule is CCCCCCCCCCCCCCCCCC(=O)O.CN(C)C. The van der Waals surface area contributed by atoms with Gasteiger partial charge in [-0.15, -0.1) is 0 Å². The van der Waals surface area contributed by atoms with Crippen LogP contribution in [0.15, 0.2) is 0 Å². The van der Waals surface area contributed by atoms with Crippen molar-refractivity contribution < 1.29 is 9.90 Å². The molecule has 0 saturated heterocycles. The Labute approximate surface area is 152 Å². The van der Waals surface area contributed by atoms with E-state index in [0.29, 0.717) is 6.42 Å². The maximum Gasteiger partial charge on any atom is 0.303 e. The molecule has 0 amide bonds. The highest BCUT2D eigenvalue weighted by Crippen LogP contribution is 2.13. The van der Waals surface area contributed by atoms with E-state index in [1.165, 1.54) is 83.5 Å². The number of unbranched alkanes of at least 4 members (excludes halogenated alkanes) is 14. The van der Waals surface area contributed by atoms with Crippen molar-refractivity contribution in [2.24, 2.45) is 0 Å². The van der Waals surface area contributed by atoms with Gasteiger partial charge in [0.15, 0.2) is 0 Å². The van der Waals surface area contributed by atoms with Crippen molar-refractivity contribution in [2.75, 3.05) is 21.1 Å². The van der Waals surface area contributed by atoms with Gasteiger partial charge in [0.1, 0.15) is 0 Å². The molecule has 0 radical (unpaired) electrons. The van der Waals surface area contributed by atoms with Crippen LogP contribution in [-0.2, 0) is 4.79 Å². The summed E-state index contributed by atoms with van der Waals surface area (Å²) in [6.45, 7) is 2.27. The fourth-order valence-electron chi connectivity index (χ4n) is 2.65. The lowest BCUT2D eigenvalue weighted by Gasteiger charge is -2.03. The van der Waals surface area contributed by atoms with Gasteiger partial charge in [0, 0.05) is 6.42 Å². The molecule has 0 aromatic rings. The number of carboxylic acids is 1. The fraction of sp³-hybridized carbons (Fsp3) is 0.952. The minimum atomic E-state index is -0.653. The van der Waals surface area contributed by atoms with E-state index in [0.717, 1.165) is 12.8 Å². The van der Waals surface area contributed by atoms with Gasteiger partial charge in [-0.05, 0) is 27.6 Å². The van der Waals surface area contributed by atoms with Gasteiger partial charge in [-0.25, -0.2) is 0 Å². The van der Waals surface area contributed by atoms with Crippen molar-refractivity contribution in [3.05, 3.63) is 0 Å². The zero-order valence-corrected chi connectivity index (χ0v) is 17.1. The molecule has 0 fully saturated rings. The largest absolute Gasteiger partial charge is 0.481 e. The van der Waals surface area contributed by atoms with Gasteiger partial charge in [0.05, 0.1) is 0 Å². The molecule has 0 aromatic carbocycles. The normalized spacial score (nSPS) is 10.5. The number of rotatable bonds is 16. The Morgan fingerprint density at radius 2 is 0.875 bits per heavy atom. The lowest BCUT2D eigenvalue weighted by atomic mass is 10.0. The highest BCUT2D eigenvalue weighted by molar-refractivity contribution is 5.66. The van der Waals surface area contributed by atoms with Crippen LogP contribution in [-0.4, -0.2) is 37.1 Å².